The lowest BCUT2D eigenvalue weighted by Gasteiger charge is -2.29. The fraction of sp³-hybridized carbons (Fsp3) is 0.650. The molecular weight excluding hydrogens is 286 g/mol. The quantitative estimate of drug-likeness (QED) is 0.785. The van der Waals surface area contributed by atoms with Crippen LogP contribution in [0.25, 0.3) is 0 Å². The molecule has 0 saturated heterocycles. The van der Waals surface area contributed by atoms with Crippen molar-refractivity contribution in [3.8, 4) is 0 Å². The number of hydrogen-bond donors (Lipinski definition) is 1. The highest BCUT2D eigenvalue weighted by Crippen LogP contribution is 2.28. The van der Waals surface area contributed by atoms with E-state index in [2.05, 4.69) is 0 Å². The minimum absolute atomic E-state index is 0.0480. The molecular formula is C20H31NO2. The van der Waals surface area contributed by atoms with Crippen molar-refractivity contribution in [1.82, 2.24) is 0 Å². The van der Waals surface area contributed by atoms with Gasteiger partial charge >= 0.3 is 0 Å². The molecule has 0 aliphatic heterocycles. The number of ether oxygens (including phenoxy) is 1. The molecule has 0 heterocycles. The van der Waals surface area contributed by atoms with Gasteiger partial charge in [0.2, 0.25) is 0 Å². The third kappa shape index (κ3) is 5.74. The Hall–Kier alpha value is -1.19. The van der Waals surface area contributed by atoms with Crippen LogP contribution in [0.15, 0.2) is 30.3 Å². The summed E-state index contributed by atoms with van der Waals surface area (Å²) < 4.78 is 5.98. The second-order valence-electron chi connectivity index (χ2n) is 7.18. The van der Waals surface area contributed by atoms with Gasteiger partial charge < -0.3 is 10.5 Å². The summed E-state index contributed by atoms with van der Waals surface area (Å²) in [4.78, 5) is 12.5. The van der Waals surface area contributed by atoms with Crippen molar-refractivity contribution in [2.45, 2.75) is 71.1 Å². The highest BCUT2D eigenvalue weighted by Gasteiger charge is 2.30. The Kier molecular flexibility index (Phi) is 7.25. The van der Waals surface area contributed by atoms with E-state index in [0.717, 1.165) is 12.0 Å². The van der Waals surface area contributed by atoms with Gasteiger partial charge in [0, 0.05) is 12.0 Å². The summed E-state index contributed by atoms with van der Waals surface area (Å²) in [6, 6.07) is 9.79. The van der Waals surface area contributed by atoms with Crippen LogP contribution in [0, 0.1) is 11.8 Å². The molecule has 2 unspecified atom stereocenters. The summed E-state index contributed by atoms with van der Waals surface area (Å²) in [7, 11) is 0. The Morgan fingerprint density at radius 2 is 1.83 bits per heavy atom. The van der Waals surface area contributed by atoms with Gasteiger partial charge in [-0.3, -0.25) is 4.79 Å². The zero-order chi connectivity index (χ0) is 16.7. The number of carbonyl (C=O) groups is 1. The van der Waals surface area contributed by atoms with Gasteiger partial charge in [0.15, 0.2) is 5.78 Å². The van der Waals surface area contributed by atoms with E-state index in [1.54, 1.807) is 0 Å². The maximum absolute atomic E-state index is 12.5. The average Bonchev–Trinajstić information content (AvgIpc) is 2.56. The number of benzene rings is 1. The molecule has 3 nitrogen and oxygen atoms in total. The molecule has 2 atom stereocenters. The molecule has 1 aliphatic rings. The molecule has 3 heteroatoms. The van der Waals surface area contributed by atoms with Crippen molar-refractivity contribution in [2.75, 3.05) is 0 Å². The molecule has 1 aromatic rings. The van der Waals surface area contributed by atoms with Crippen molar-refractivity contribution in [3.05, 3.63) is 35.9 Å². The fourth-order valence-corrected chi connectivity index (χ4v) is 3.44. The SMILES string of the molecule is CC(C)C(=O)C(OCc1ccccc1)C(N)CC1CCCCC1. The summed E-state index contributed by atoms with van der Waals surface area (Å²) in [5, 5.41) is 0. The van der Waals surface area contributed by atoms with Gasteiger partial charge in [-0.1, -0.05) is 76.3 Å². The van der Waals surface area contributed by atoms with Gasteiger partial charge in [-0.05, 0) is 17.9 Å². The van der Waals surface area contributed by atoms with Crippen molar-refractivity contribution < 1.29 is 9.53 Å². The zero-order valence-corrected chi connectivity index (χ0v) is 14.5. The van der Waals surface area contributed by atoms with E-state index in [9.17, 15) is 4.79 Å². The van der Waals surface area contributed by atoms with Gasteiger partial charge in [0.05, 0.1) is 6.61 Å². The van der Waals surface area contributed by atoms with Gasteiger partial charge in [-0.2, -0.15) is 0 Å². The fourth-order valence-electron chi connectivity index (χ4n) is 3.44. The third-order valence-electron chi connectivity index (χ3n) is 4.84. The standard InChI is InChI=1S/C20H31NO2/c1-15(2)19(22)20(23-14-17-11-7-4-8-12-17)18(21)13-16-9-5-3-6-10-16/h4,7-8,11-12,15-16,18,20H,3,5-6,9-10,13-14,21H2,1-2H3. The number of nitrogens with two attached hydrogens (primary N) is 1. The van der Waals surface area contributed by atoms with E-state index >= 15 is 0 Å². The first-order valence-electron chi connectivity index (χ1n) is 9.02. The maximum Gasteiger partial charge on any atom is 0.165 e. The summed E-state index contributed by atoms with van der Waals surface area (Å²) in [5.41, 5.74) is 7.49. The van der Waals surface area contributed by atoms with Crippen LogP contribution in [0.4, 0.5) is 0 Å². The monoisotopic (exact) mass is 317 g/mol. The smallest absolute Gasteiger partial charge is 0.165 e. The van der Waals surface area contributed by atoms with Crippen LogP contribution in [0.3, 0.4) is 0 Å². The van der Waals surface area contributed by atoms with Crippen LogP contribution in [0.5, 0.6) is 0 Å². The minimum atomic E-state index is -0.489. The van der Waals surface area contributed by atoms with Crippen LogP contribution in [0.1, 0.15) is 57.9 Å². The molecule has 0 spiro atoms. The largest absolute Gasteiger partial charge is 0.364 e. The van der Waals surface area contributed by atoms with Gasteiger partial charge in [-0.25, -0.2) is 0 Å². The lowest BCUT2D eigenvalue weighted by Crippen LogP contribution is -2.45. The van der Waals surface area contributed by atoms with Crippen molar-refractivity contribution in [3.63, 3.8) is 0 Å². The second kappa shape index (κ2) is 9.19. The number of ketones is 1. The minimum Gasteiger partial charge on any atom is -0.364 e. The number of carbonyl (C=O) groups excluding carboxylic acids is 1. The summed E-state index contributed by atoms with van der Waals surface area (Å²) in [6.45, 7) is 4.30. The Bertz CT molecular complexity index is 466. The van der Waals surface area contributed by atoms with Crippen molar-refractivity contribution in [1.29, 1.82) is 0 Å². The number of Topliss-reactive ketones (excluding diaryl/α,β-unsaturated/α-hetero) is 1. The zero-order valence-electron chi connectivity index (χ0n) is 14.5. The molecule has 1 aromatic carbocycles. The van der Waals surface area contributed by atoms with E-state index in [0.29, 0.717) is 12.5 Å². The van der Waals surface area contributed by atoms with Crippen LogP contribution < -0.4 is 5.73 Å². The normalized spacial score (nSPS) is 18.8. The molecule has 1 fully saturated rings. The Morgan fingerprint density at radius 3 is 2.43 bits per heavy atom. The van der Waals surface area contributed by atoms with Gasteiger partial charge in [-0.15, -0.1) is 0 Å². The topological polar surface area (TPSA) is 52.3 Å². The van der Waals surface area contributed by atoms with E-state index in [4.69, 9.17) is 10.5 Å². The lowest BCUT2D eigenvalue weighted by molar-refractivity contribution is -0.136. The highest BCUT2D eigenvalue weighted by atomic mass is 16.5. The number of rotatable bonds is 8. The van der Waals surface area contributed by atoms with Crippen molar-refractivity contribution in [2.24, 2.45) is 17.6 Å². The van der Waals surface area contributed by atoms with E-state index in [1.807, 2.05) is 44.2 Å². The molecule has 128 valence electrons. The Balaban J connectivity index is 1.96. The molecule has 0 amide bonds. The first-order chi connectivity index (χ1) is 11.1. The highest BCUT2D eigenvalue weighted by molar-refractivity contribution is 5.85. The number of hydrogen-bond acceptors (Lipinski definition) is 3. The van der Waals surface area contributed by atoms with Gasteiger partial charge in [0.25, 0.3) is 0 Å². The molecule has 1 saturated carbocycles. The summed E-state index contributed by atoms with van der Waals surface area (Å²) >= 11 is 0. The summed E-state index contributed by atoms with van der Waals surface area (Å²) in [6.07, 6.45) is 6.83. The van der Waals surface area contributed by atoms with E-state index in [-0.39, 0.29) is 17.7 Å². The molecule has 0 radical (unpaired) electrons. The van der Waals surface area contributed by atoms with Crippen LogP contribution in [-0.2, 0) is 16.1 Å². The molecule has 0 bridgehead atoms. The maximum atomic E-state index is 12.5. The first-order valence-corrected chi connectivity index (χ1v) is 9.02. The van der Waals surface area contributed by atoms with Gasteiger partial charge in [0.1, 0.15) is 6.10 Å². The predicted molar refractivity (Wildman–Crippen MR) is 94.0 cm³/mol. The molecule has 2 N–H and O–H groups in total. The second-order valence-corrected chi connectivity index (χ2v) is 7.18. The van der Waals surface area contributed by atoms with E-state index < -0.39 is 6.10 Å². The molecule has 23 heavy (non-hydrogen) atoms. The van der Waals surface area contributed by atoms with Crippen LogP contribution in [-0.4, -0.2) is 17.9 Å². The van der Waals surface area contributed by atoms with Crippen molar-refractivity contribution >= 4 is 5.78 Å². The Labute approximate surface area is 140 Å². The average molecular weight is 317 g/mol. The summed E-state index contributed by atoms with van der Waals surface area (Å²) in [5.74, 6) is 0.735. The molecule has 2 rings (SSSR count). The lowest BCUT2D eigenvalue weighted by atomic mass is 9.83. The predicted octanol–water partition coefficient (Wildman–Crippen LogP) is 4.09. The first kappa shape index (κ1) is 18.2. The molecule has 1 aliphatic carbocycles. The van der Waals surface area contributed by atoms with Crippen LogP contribution in [0.2, 0.25) is 0 Å². The van der Waals surface area contributed by atoms with Crippen LogP contribution >= 0.6 is 0 Å². The van der Waals surface area contributed by atoms with E-state index in [1.165, 1.54) is 32.1 Å². The molecule has 0 aromatic heterocycles. The third-order valence-corrected chi connectivity index (χ3v) is 4.84. The Morgan fingerprint density at radius 1 is 1.17 bits per heavy atom.